The number of hydrogen-bond acceptors (Lipinski definition) is 1. The lowest BCUT2D eigenvalue weighted by Crippen LogP contribution is -1.86. The molecule has 16 heavy (non-hydrogen) atoms. The highest BCUT2D eigenvalue weighted by Crippen LogP contribution is 2.14. The van der Waals surface area contributed by atoms with Gasteiger partial charge in [0, 0.05) is 12.8 Å². The summed E-state index contributed by atoms with van der Waals surface area (Å²) >= 11 is 0. The van der Waals surface area contributed by atoms with Gasteiger partial charge in [0.15, 0.2) is 0 Å². The fourth-order valence-electron chi connectivity index (χ4n) is 1.70. The molecule has 0 aliphatic heterocycles. The van der Waals surface area contributed by atoms with Crippen molar-refractivity contribution in [1.82, 2.24) is 0 Å². The highest BCUT2D eigenvalue weighted by Gasteiger charge is 2.02. The first kappa shape index (κ1) is 10.9. The summed E-state index contributed by atoms with van der Waals surface area (Å²) in [6.07, 6.45) is 2.79. The molecule has 1 aromatic carbocycles. The van der Waals surface area contributed by atoms with Crippen LogP contribution in [0.4, 0.5) is 4.39 Å². The van der Waals surface area contributed by atoms with E-state index in [0.29, 0.717) is 0 Å². The Labute approximate surface area is 94.9 Å². The molecule has 0 aliphatic rings. The third-order valence-electron chi connectivity index (χ3n) is 2.51. The van der Waals surface area contributed by atoms with E-state index in [9.17, 15) is 4.39 Å². The van der Waals surface area contributed by atoms with E-state index in [0.717, 1.165) is 36.3 Å². The number of aryl methyl sites for hydroxylation is 1. The lowest BCUT2D eigenvalue weighted by molar-refractivity contribution is 0.470. The zero-order valence-corrected chi connectivity index (χ0v) is 9.37. The molecule has 0 N–H and O–H groups in total. The van der Waals surface area contributed by atoms with Gasteiger partial charge < -0.3 is 4.42 Å². The molecule has 0 aliphatic carbocycles. The molecule has 0 amide bonds. The van der Waals surface area contributed by atoms with Crippen molar-refractivity contribution in [3.8, 4) is 0 Å². The van der Waals surface area contributed by atoms with Gasteiger partial charge in [-0.2, -0.15) is 0 Å². The van der Waals surface area contributed by atoms with E-state index in [1.54, 1.807) is 12.1 Å². The van der Waals surface area contributed by atoms with Crippen molar-refractivity contribution in [3.05, 3.63) is 59.3 Å². The Morgan fingerprint density at radius 3 is 2.38 bits per heavy atom. The minimum absolute atomic E-state index is 0.199. The Bertz CT molecular complexity index is 442. The van der Waals surface area contributed by atoms with Crippen LogP contribution in [0.5, 0.6) is 0 Å². The van der Waals surface area contributed by atoms with E-state index in [-0.39, 0.29) is 5.82 Å². The highest BCUT2D eigenvalue weighted by atomic mass is 19.1. The van der Waals surface area contributed by atoms with Crippen LogP contribution in [0.2, 0.25) is 0 Å². The fourth-order valence-corrected chi connectivity index (χ4v) is 1.70. The molecule has 0 radical (unpaired) electrons. The van der Waals surface area contributed by atoms with Gasteiger partial charge in [0.05, 0.1) is 0 Å². The number of benzene rings is 1. The van der Waals surface area contributed by atoms with Crippen molar-refractivity contribution in [2.45, 2.75) is 26.2 Å². The highest BCUT2D eigenvalue weighted by molar-refractivity contribution is 5.22. The third-order valence-corrected chi connectivity index (χ3v) is 2.51. The minimum Gasteiger partial charge on any atom is -0.466 e. The van der Waals surface area contributed by atoms with Crippen LogP contribution in [0.15, 0.2) is 40.8 Å². The molecule has 1 nitrogen and oxygen atoms in total. The largest absolute Gasteiger partial charge is 0.466 e. The second-order valence-electron chi connectivity index (χ2n) is 3.92. The fraction of sp³-hybridized carbons (Fsp3) is 0.286. The van der Waals surface area contributed by atoms with Crippen LogP contribution in [0.25, 0.3) is 0 Å². The standard InChI is InChI=1S/C14H15FO/c1-2-3-13-8-9-14(16-13)10-11-4-6-12(15)7-5-11/h4-9H,2-3,10H2,1H3. The van der Waals surface area contributed by atoms with E-state index < -0.39 is 0 Å². The SMILES string of the molecule is CCCc1ccc(Cc2ccc(F)cc2)o1. The summed E-state index contributed by atoms with van der Waals surface area (Å²) in [5.74, 6) is 1.77. The van der Waals surface area contributed by atoms with Gasteiger partial charge in [0.2, 0.25) is 0 Å². The average Bonchev–Trinajstić information content (AvgIpc) is 2.70. The summed E-state index contributed by atoms with van der Waals surface area (Å²) in [5, 5.41) is 0. The summed E-state index contributed by atoms with van der Waals surface area (Å²) in [4.78, 5) is 0. The van der Waals surface area contributed by atoms with Gasteiger partial charge in [0.25, 0.3) is 0 Å². The second-order valence-corrected chi connectivity index (χ2v) is 3.92. The molecular weight excluding hydrogens is 203 g/mol. The molecule has 0 saturated heterocycles. The van der Waals surface area contributed by atoms with Crippen LogP contribution in [-0.4, -0.2) is 0 Å². The molecule has 0 unspecified atom stereocenters. The maximum Gasteiger partial charge on any atom is 0.123 e. The average molecular weight is 218 g/mol. The van der Waals surface area contributed by atoms with Crippen LogP contribution >= 0.6 is 0 Å². The van der Waals surface area contributed by atoms with Gasteiger partial charge in [-0.15, -0.1) is 0 Å². The van der Waals surface area contributed by atoms with Crippen LogP contribution in [0, 0.1) is 5.82 Å². The van der Waals surface area contributed by atoms with Gasteiger partial charge in [-0.25, -0.2) is 4.39 Å². The van der Waals surface area contributed by atoms with Crippen LogP contribution in [0.3, 0.4) is 0 Å². The van der Waals surface area contributed by atoms with Gasteiger partial charge >= 0.3 is 0 Å². The van der Waals surface area contributed by atoms with Crippen LogP contribution < -0.4 is 0 Å². The normalized spacial score (nSPS) is 10.6. The van der Waals surface area contributed by atoms with Crippen molar-refractivity contribution >= 4 is 0 Å². The van der Waals surface area contributed by atoms with E-state index in [2.05, 4.69) is 6.92 Å². The van der Waals surface area contributed by atoms with Gasteiger partial charge in [-0.3, -0.25) is 0 Å². The van der Waals surface area contributed by atoms with Gasteiger partial charge in [-0.1, -0.05) is 19.1 Å². The zero-order valence-electron chi connectivity index (χ0n) is 9.37. The lowest BCUT2D eigenvalue weighted by Gasteiger charge is -1.98. The van der Waals surface area contributed by atoms with E-state index >= 15 is 0 Å². The Kier molecular flexibility index (Phi) is 3.40. The Balaban J connectivity index is 2.05. The number of hydrogen-bond donors (Lipinski definition) is 0. The lowest BCUT2D eigenvalue weighted by atomic mass is 10.1. The Morgan fingerprint density at radius 2 is 1.69 bits per heavy atom. The molecule has 2 heteroatoms. The van der Waals surface area contributed by atoms with E-state index in [4.69, 9.17) is 4.42 Å². The summed E-state index contributed by atoms with van der Waals surface area (Å²) in [7, 11) is 0. The third kappa shape index (κ3) is 2.72. The molecule has 0 bridgehead atoms. The van der Waals surface area contributed by atoms with Crippen LogP contribution in [0.1, 0.15) is 30.4 Å². The Morgan fingerprint density at radius 1 is 1.00 bits per heavy atom. The molecule has 2 rings (SSSR count). The van der Waals surface area contributed by atoms with Crippen molar-refractivity contribution in [3.63, 3.8) is 0 Å². The molecule has 0 atom stereocenters. The summed E-state index contributed by atoms with van der Waals surface area (Å²) < 4.78 is 18.4. The quantitative estimate of drug-likeness (QED) is 0.757. The maximum absolute atomic E-state index is 12.7. The Hall–Kier alpha value is -1.57. The first-order valence-electron chi connectivity index (χ1n) is 5.60. The first-order chi connectivity index (χ1) is 7.78. The molecular formula is C14H15FO. The molecule has 0 saturated carbocycles. The maximum atomic E-state index is 12.7. The predicted molar refractivity (Wildman–Crippen MR) is 61.9 cm³/mol. The molecule has 0 spiro atoms. The number of rotatable bonds is 4. The predicted octanol–water partition coefficient (Wildman–Crippen LogP) is 3.96. The number of halogens is 1. The van der Waals surface area contributed by atoms with E-state index in [1.807, 2.05) is 12.1 Å². The molecule has 1 heterocycles. The molecule has 84 valence electrons. The first-order valence-corrected chi connectivity index (χ1v) is 5.60. The van der Waals surface area contributed by atoms with Gasteiger partial charge in [0.1, 0.15) is 17.3 Å². The summed E-state index contributed by atoms with van der Waals surface area (Å²) in [6.45, 7) is 2.13. The molecule has 0 fully saturated rings. The van der Waals surface area contributed by atoms with Gasteiger partial charge in [-0.05, 0) is 36.2 Å². The van der Waals surface area contributed by atoms with Crippen molar-refractivity contribution < 1.29 is 8.81 Å². The minimum atomic E-state index is -0.199. The smallest absolute Gasteiger partial charge is 0.123 e. The van der Waals surface area contributed by atoms with E-state index in [1.165, 1.54) is 12.1 Å². The summed E-state index contributed by atoms with van der Waals surface area (Å²) in [6, 6.07) is 10.5. The number of furan rings is 1. The zero-order chi connectivity index (χ0) is 11.4. The molecule has 2 aromatic rings. The second kappa shape index (κ2) is 4.97. The molecule has 1 aromatic heterocycles. The van der Waals surface area contributed by atoms with Crippen molar-refractivity contribution in [2.75, 3.05) is 0 Å². The topological polar surface area (TPSA) is 13.1 Å². The van der Waals surface area contributed by atoms with Crippen molar-refractivity contribution in [2.24, 2.45) is 0 Å². The van der Waals surface area contributed by atoms with Crippen LogP contribution in [-0.2, 0) is 12.8 Å². The monoisotopic (exact) mass is 218 g/mol. The van der Waals surface area contributed by atoms with Crippen molar-refractivity contribution in [1.29, 1.82) is 0 Å². The summed E-state index contributed by atoms with van der Waals surface area (Å²) in [5.41, 5.74) is 1.07.